The second-order valence-corrected chi connectivity index (χ2v) is 27.8. The Labute approximate surface area is 221 Å². The summed E-state index contributed by atoms with van der Waals surface area (Å²) in [6, 6.07) is 2.79. The van der Waals surface area contributed by atoms with E-state index in [0.29, 0.717) is 14.5 Å². The summed E-state index contributed by atoms with van der Waals surface area (Å²) >= 11 is 0.662. The van der Waals surface area contributed by atoms with Crippen LogP contribution in [0.1, 0.15) is 130 Å². The summed E-state index contributed by atoms with van der Waals surface area (Å²) in [7, 11) is 0. The van der Waals surface area contributed by atoms with Gasteiger partial charge >= 0.3 is 223 Å². The topological polar surface area (TPSA) is 0 Å². The number of rotatable bonds is 20. The molecule has 1 atom stereocenters. The molecule has 3 heteroatoms. The van der Waals surface area contributed by atoms with Gasteiger partial charge in [-0.15, -0.1) is 0 Å². The van der Waals surface area contributed by atoms with Gasteiger partial charge in [0.05, 0.1) is 0 Å². The molecule has 0 N–H and O–H groups in total. The summed E-state index contributed by atoms with van der Waals surface area (Å²) in [5.41, 5.74) is 1.78. The molecule has 0 saturated carbocycles. The minimum absolute atomic E-state index is 0.606. The predicted octanol–water partition coefficient (Wildman–Crippen LogP) is 10.3. The molecule has 2 aromatic rings. The molecule has 33 heavy (non-hydrogen) atoms. The van der Waals surface area contributed by atoms with Crippen molar-refractivity contribution < 1.29 is 0 Å². The summed E-state index contributed by atoms with van der Waals surface area (Å²) in [6.45, 7) is 11.9. The molecule has 0 amide bonds. The van der Waals surface area contributed by atoms with Crippen LogP contribution in [0, 0.1) is 5.92 Å². The van der Waals surface area contributed by atoms with Gasteiger partial charge in [-0.05, 0) is 0 Å². The molecule has 0 aliphatic heterocycles. The van der Waals surface area contributed by atoms with E-state index in [9.17, 15) is 0 Å². The zero-order valence-electron chi connectivity index (χ0n) is 22.8. The number of unbranched alkanes of at least 4 members (excludes halogenated alkanes) is 7. The number of hydrogen-bond donors (Lipinski definition) is 0. The Hall–Kier alpha value is 0.758. The molecule has 2 aromatic heterocycles. The van der Waals surface area contributed by atoms with Crippen LogP contribution >= 0.6 is 11.3 Å². The summed E-state index contributed by atoms with van der Waals surface area (Å²) in [5, 5.41) is 0. The molecule has 0 saturated heterocycles. The van der Waals surface area contributed by atoms with Gasteiger partial charge in [0.2, 0.25) is 0 Å². The first-order valence-electron chi connectivity index (χ1n) is 14.6. The Morgan fingerprint density at radius 2 is 1.30 bits per heavy atom. The van der Waals surface area contributed by atoms with Crippen molar-refractivity contribution in [3.8, 4) is 0 Å². The summed E-state index contributed by atoms with van der Waals surface area (Å²) < 4.78 is 10.4. The first-order chi connectivity index (χ1) is 16.1. The standard InChI is InChI=1S/C18H27SSe.3C4H9.Sn/c1-3-5-7-8-10-15(9-6-4-2)13-16-14-20-17-11-12-19-18(16)17;3*1-3-4-2;/h11,14-15H,3-10,13H2,1-2H3;3*1,3-4H2,2H3;. The van der Waals surface area contributed by atoms with Crippen molar-refractivity contribution >= 4 is 56.1 Å². The van der Waals surface area contributed by atoms with Gasteiger partial charge in [-0.3, -0.25) is 0 Å². The monoisotopic (exact) mass is 646 g/mol. The van der Waals surface area contributed by atoms with E-state index in [-0.39, 0.29) is 0 Å². The third kappa shape index (κ3) is 9.62. The summed E-state index contributed by atoms with van der Waals surface area (Å²) in [4.78, 5) is 2.68. The van der Waals surface area contributed by atoms with Crippen molar-refractivity contribution in [1.82, 2.24) is 0 Å². The molecule has 0 radical (unpaired) electrons. The van der Waals surface area contributed by atoms with Crippen LogP contribution in [0.5, 0.6) is 0 Å². The van der Waals surface area contributed by atoms with Gasteiger partial charge in [-0.25, -0.2) is 0 Å². The fourth-order valence-corrected chi connectivity index (χ4v) is 29.2. The van der Waals surface area contributed by atoms with Crippen LogP contribution in [0.4, 0.5) is 0 Å². The van der Waals surface area contributed by atoms with E-state index in [2.05, 4.69) is 57.0 Å². The number of fused-ring (bicyclic) bond motifs is 1. The maximum atomic E-state index is 2.79. The molecular weight excluding hydrogens is 590 g/mol. The van der Waals surface area contributed by atoms with Gasteiger partial charge in [0.15, 0.2) is 0 Å². The minimum atomic E-state index is -2.27. The van der Waals surface area contributed by atoms with E-state index in [1.807, 2.05) is 2.89 Å². The van der Waals surface area contributed by atoms with Crippen molar-refractivity contribution in [2.75, 3.05) is 0 Å². The fourth-order valence-electron chi connectivity index (χ4n) is 5.58. The summed E-state index contributed by atoms with van der Waals surface area (Å²) in [5.74, 6) is 0.925. The first kappa shape index (κ1) is 30.0. The number of thiophene rings is 1. The van der Waals surface area contributed by atoms with Gasteiger partial charge in [0, 0.05) is 0 Å². The van der Waals surface area contributed by atoms with Gasteiger partial charge in [-0.2, -0.15) is 0 Å². The average molecular weight is 644 g/mol. The normalized spacial score (nSPS) is 13.2. The average Bonchev–Trinajstić information content (AvgIpc) is 3.42. The molecule has 0 bridgehead atoms. The zero-order valence-corrected chi connectivity index (χ0v) is 28.2. The van der Waals surface area contributed by atoms with Crippen LogP contribution in [-0.4, -0.2) is 32.9 Å². The van der Waals surface area contributed by atoms with Gasteiger partial charge < -0.3 is 0 Å². The van der Waals surface area contributed by atoms with Crippen molar-refractivity contribution in [2.24, 2.45) is 5.92 Å². The molecular formula is C30H54SSeSn. The van der Waals surface area contributed by atoms with E-state index < -0.39 is 18.4 Å². The molecule has 190 valence electrons. The SMILES string of the molecule is CCCCCCC(CCCC)Cc1c[se]c2c[c]([Sn]([CH2]CCC)([CH2]CCC)[CH2]CCC)sc12. The van der Waals surface area contributed by atoms with E-state index in [1.54, 1.807) is 27.8 Å². The molecule has 0 aliphatic carbocycles. The first-order valence-corrected chi connectivity index (χ1v) is 24.8. The Kier molecular flexibility index (Phi) is 15.7. The van der Waals surface area contributed by atoms with Crippen LogP contribution in [0.15, 0.2) is 11.0 Å². The van der Waals surface area contributed by atoms with E-state index in [4.69, 9.17) is 0 Å². The molecule has 0 fully saturated rings. The van der Waals surface area contributed by atoms with Crippen LogP contribution in [0.3, 0.4) is 0 Å². The molecule has 1 unspecified atom stereocenters. The molecule has 0 spiro atoms. The molecule has 2 rings (SSSR count). The maximum absolute atomic E-state index is 2.79. The number of hydrogen-bond acceptors (Lipinski definition) is 1. The molecule has 0 aromatic carbocycles. The Morgan fingerprint density at radius 3 is 1.88 bits per heavy atom. The van der Waals surface area contributed by atoms with E-state index in [0.717, 1.165) is 5.92 Å². The Balaban J connectivity index is 2.26. The third-order valence-corrected chi connectivity index (χ3v) is 29.6. The van der Waals surface area contributed by atoms with E-state index >= 15 is 0 Å². The second-order valence-electron chi connectivity index (χ2n) is 10.7. The van der Waals surface area contributed by atoms with Gasteiger partial charge in [0.25, 0.3) is 0 Å². The van der Waals surface area contributed by atoms with Crippen molar-refractivity contribution in [2.45, 2.75) is 144 Å². The quantitative estimate of drug-likeness (QED) is 0.0994. The van der Waals surface area contributed by atoms with Crippen LogP contribution in [0.2, 0.25) is 13.3 Å². The Morgan fingerprint density at radius 1 is 0.727 bits per heavy atom. The van der Waals surface area contributed by atoms with Crippen LogP contribution < -0.4 is 2.89 Å². The van der Waals surface area contributed by atoms with Crippen LogP contribution in [0.25, 0.3) is 8.96 Å². The molecule has 0 nitrogen and oxygen atoms in total. The van der Waals surface area contributed by atoms with E-state index in [1.165, 1.54) is 96.3 Å². The second kappa shape index (κ2) is 17.3. The summed E-state index contributed by atoms with van der Waals surface area (Å²) in [6.07, 6.45) is 21.3. The Bertz CT molecular complexity index is 724. The van der Waals surface area contributed by atoms with Crippen LogP contribution in [-0.2, 0) is 6.42 Å². The third-order valence-electron chi connectivity index (χ3n) is 7.81. The zero-order chi connectivity index (χ0) is 23.9. The predicted molar refractivity (Wildman–Crippen MR) is 159 cm³/mol. The molecule has 0 aliphatic rings. The van der Waals surface area contributed by atoms with Crippen molar-refractivity contribution in [3.05, 3.63) is 16.6 Å². The van der Waals surface area contributed by atoms with Gasteiger partial charge in [-0.1, -0.05) is 0 Å². The van der Waals surface area contributed by atoms with Crippen molar-refractivity contribution in [3.63, 3.8) is 0 Å². The fraction of sp³-hybridized carbons (Fsp3) is 0.800. The van der Waals surface area contributed by atoms with Crippen molar-refractivity contribution in [1.29, 1.82) is 0 Å². The van der Waals surface area contributed by atoms with Gasteiger partial charge in [0.1, 0.15) is 0 Å². The molecule has 2 heterocycles.